The Bertz CT molecular complexity index is 763. The van der Waals surface area contributed by atoms with Gasteiger partial charge in [0.25, 0.3) is 0 Å². The van der Waals surface area contributed by atoms with Crippen LogP contribution in [0.3, 0.4) is 0 Å². The number of rotatable bonds is 5. The highest BCUT2D eigenvalue weighted by Crippen LogP contribution is 2.61. The predicted octanol–water partition coefficient (Wildman–Crippen LogP) is 5.03. The summed E-state index contributed by atoms with van der Waals surface area (Å²) in [6, 6.07) is 6.12. The molecule has 4 aliphatic carbocycles. The third kappa shape index (κ3) is 3.09. The van der Waals surface area contributed by atoms with E-state index in [-0.39, 0.29) is 5.91 Å². The molecule has 26 heavy (non-hydrogen) atoms. The molecule has 0 aliphatic heterocycles. The first-order valence-corrected chi connectivity index (χ1v) is 10.9. The molecule has 2 heterocycles. The average molecular weight is 367 g/mol. The van der Waals surface area contributed by atoms with Crippen molar-refractivity contribution in [2.75, 3.05) is 0 Å². The minimum Gasteiger partial charge on any atom is -0.352 e. The number of carbonyl (C=O) groups is 1. The SMILES string of the molecule is O=C(CC12CC3CC(CC(C3)C1)C2)NCc1cccnc1-c1ccsc1. The van der Waals surface area contributed by atoms with Crippen LogP contribution in [0, 0.1) is 23.2 Å². The largest absolute Gasteiger partial charge is 0.352 e. The zero-order valence-electron chi connectivity index (χ0n) is 15.1. The number of nitrogens with zero attached hydrogens (tertiary/aromatic N) is 1. The Hall–Kier alpha value is -1.68. The van der Waals surface area contributed by atoms with E-state index in [1.807, 2.05) is 12.3 Å². The second-order valence-electron chi connectivity index (χ2n) is 8.89. The topological polar surface area (TPSA) is 42.0 Å². The van der Waals surface area contributed by atoms with Crippen LogP contribution in [-0.4, -0.2) is 10.9 Å². The molecule has 0 unspecified atom stereocenters. The van der Waals surface area contributed by atoms with Gasteiger partial charge in [0.2, 0.25) is 5.91 Å². The summed E-state index contributed by atoms with van der Waals surface area (Å²) in [7, 11) is 0. The number of amides is 1. The second-order valence-corrected chi connectivity index (χ2v) is 9.67. The van der Waals surface area contributed by atoms with Crippen LogP contribution in [0.2, 0.25) is 0 Å². The summed E-state index contributed by atoms with van der Waals surface area (Å²) in [6.45, 7) is 0.574. The minimum atomic E-state index is 0.229. The van der Waals surface area contributed by atoms with Crippen molar-refractivity contribution in [3.05, 3.63) is 40.7 Å². The summed E-state index contributed by atoms with van der Waals surface area (Å²) in [5, 5.41) is 7.38. The standard InChI is InChI=1S/C22H26N2OS/c25-20(12-22-9-15-6-16(10-22)8-17(7-15)11-22)24-13-18-2-1-4-23-21(18)19-3-5-26-14-19/h1-5,14-17H,6-13H2,(H,24,25). The fourth-order valence-corrected chi connectivity index (χ4v) is 6.98. The summed E-state index contributed by atoms with van der Waals surface area (Å²) >= 11 is 1.68. The van der Waals surface area contributed by atoms with Gasteiger partial charge in [-0.15, -0.1) is 0 Å². The number of hydrogen-bond acceptors (Lipinski definition) is 3. The molecule has 0 atom stereocenters. The smallest absolute Gasteiger partial charge is 0.220 e. The van der Waals surface area contributed by atoms with Crippen LogP contribution < -0.4 is 5.32 Å². The molecule has 4 fully saturated rings. The summed E-state index contributed by atoms with van der Waals surface area (Å²) in [5.74, 6) is 2.93. The number of carbonyl (C=O) groups excluding carboxylic acids is 1. The van der Waals surface area contributed by atoms with E-state index < -0.39 is 0 Å². The second kappa shape index (κ2) is 6.49. The predicted molar refractivity (Wildman–Crippen MR) is 105 cm³/mol. The first-order valence-electron chi connectivity index (χ1n) is 9.92. The van der Waals surface area contributed by atoms with Gasteiger partial charge < -0.3 is 5.32 Å². The van der Waals surface area contributed by atoms with Gasteiger partial charge in [-0.3, -0.25) is 9.78 Å². The van der Waals surface area contributed by atoms with E-state index in [1.54, 1.807) is 11.3 Å². The molecule has 3 nitrogen and oxygen atoms in total. The van der Waals surface area contributed by atoms with Crippen molar-refractivity contribution in [3.8, 4) is 11.3 Å². The lowest BCUT2D eigenvalue weighted by Crippen LogP contribution is -2.47. The van der Waals surface area contributed by atoms with Crippen LogP contribution in [0.4, 0.5) is 0 Å². The summed E-state index contributed by atoms with van der Waals surface area (Å²) < 4.78 is 0. The Kier molecular flexibility index (Phi) is 4.11. The van der Waals surface area contributed by atoms with Gasteiger partial charge >= 0.3 is 0 Å². The Morgan fingerprint density at radius 1 is 1.15 bits per heavy atom. The van der Waals surface area contributed by atoms with Gasteiger partial charge in [-0.05, 0) is 84.8 Å². The van der Waals surface area contributed by atoms with E-state index in [1.165, 1.54) is 38.5 Å². The molecular formula is C22H26N2OS. The Morgan fingerprint density at radius 2 is 1.88 bits per heavy atom. The number of nitrogens with one attached hydrogen (secondary N) is 1. The molecule has 6 rings (SSSR count). The zero-order valence-corrected chi connectivity index (χ0v) is 15.9. The van der Waals surface area contributed by atoms with Crippen LogP contribution in [0.15, 0.2) is 35.2 Å². The summed E-state index contributed by atoms with van der Waals surface area (Å²) in [6.07, 6.45) is 10.7. The highest BCUT2D eigenvalue weighted by atomic mass is 32.1. The van der Waals surface area contributed by atoms with Crippen molar-refractivity contribution in [1.82, 2.24) is 10.3 Å². The quantitative estimate of drug-likeness (QED) is 0.806. The lowest BCUT2D eigenvalue weighted by atomic mass is 9.49. The summed E-state index contributed by atoms with van der Waals surface area (Å²) in [4.78, 5) is 17.3. The lowest BCUT2D eigenvalue weighted by molar-refractivity contribution is -0.129. The number of thiophene rings is 1. The number of pyridine rings is 1. The normalized spacial score (nSPS) is 31.9. The molecule has 136 valence electrons. The molecule has 0 spiro atoms. The molecule has 4 bridgehead atoms. The Labute approximate surface area is 159 Å². The van der Waals surface area contributed by atoms with Gasteiger partial charge in [0, 0.05) is 30.1 Å². The maximum Gasteiger partial charge on any atom is 0.220 e. The molecule has 0 saturated heterocycles. The molecule has 2 aromatic rings. The van der Waals surface area contributed by atoms with Gasteiger partial charge in [-0.2, -0.15) is 11.3 Å². The van der Waals surface area contributed by atoms with E-state index >= 15 is 0 Å². The molecule has 1 N–H and O–H groups in total. The van der Waals surface area contributed by atoms with Gasteiger partial charge in [-0.1, -0.05) is 6.07 Å². The zero-order chi connectivity index (χ0) is 17.6. The van der Waals surface area contributed by atoms with E-state index in [9.17, 15) is 4.79 Å². The number of hydrogen-bond donors (Lipinski definition) is 1. The molecule has 4 aliphatic rings. The third-order valence-corrected chi connectivity index (χ3v) is 7.55. The molecule has 4 heteroatoms. The maximum absolute atomic E-state index is 12.8. The lowest BCUT2D eigenvalue weighted by Gasteiger charge is -2.56. The van der Waals surface area contributed by atoms with Crippen molar-refractivity contribution in [3.63, 3.8) is 0 Å². The fourth-order valence-electron chi connectivity index (χ4n) is 6.34. The van der Waals surface area contributed by atoms with E-state index in [0.29, 0.717) is 12.0 Å². The van der Waals surface area contributed by atoms with Crippen molar-refractivity contribution < 1.29 is 4.79 Å². The van der Waals surface area contributed by atoms with Crippen LogP contribution in [0.25, 0.3) is 11.3 Å². The Balaban J connectivity index is 1.25. The first-order chi connectivity index (χ1) is 12.7. The van der Waals surface area contributed by atoms with Crippen molar-refractivity contribution >= 4 is 17.2 Å². The minimum absolute atomic E-state index is 0.229. The molecule has 2 aromatic heterocycles. The molecular weight excluding hydrogens is 340 g/mol. The van der Waals surface area contributed by atoms with Crippen LogP contribution in [0.5, 0.6) is 0 Å². The molecule has 4 saturated carbocycles. The van der Waals surface area contributed by atoms with Gasteiger partial charge in [0.15, 0.2) is 0 Å². The van der Waals surface area contributed by atoms with Crippen molar-refractivity contribution in [2.45, 2.75) is 51.5 Å². The van der Waals surface area contributed by atoms with E-state index in [4.69, 9.17) is 0 Å². The third-order valence-electron chi connectivity index (χ3n) is 6.86. The molecule has 1 amide bonds. The van der Waals surface area contributed by atoms with Gasteiger partial charge in [-0.25, -0.2) is 0 Å². The summed E-state index contributed by atoms with van der Waals surface area (Å²) in [5.41, 5.74) is 3.54. The van der Waals surface area contributed by atoms with Crippen molar-refractivity contribution in [2.24, 2.45) is 23.2 Å². The van der Waals surface area contributed by atoms with E-state index in [0.717, 1.165) is 41.0 Å². The molecule has 0 radical (unpaired) electrons. The van der Waals surface area contributed by atoms with Crippen LogP contribution in [0.1, 0.15) is 50.5 Å². The first kappa shape index (κ1) is 16.5. The average Bonchev–Trinajstić information content (AvgIpc) is 3.13. The Morgan fingerprint density at radius 3 is 2.54 bits per heavy atom. The van der Waals surface area contributed by atoms with E-state index in [2.05, 4.69) is 33.2 Å². The highest BCUT2D eigenvalue weighted by Gasteiger charge is 2.51. The van der Waals surface area contributed by atoms with Gasteiger partial charge in [0.1, 0.15) is 0 Å². The fraction of sp³-hybridized carbons (Fsp3) is 0.545. The van der Waals surface area contributed by atoms with Crippen molar-refractivity contribution in [1.29, 1.82) is 0 Å². The van der Waals surface area contributed by atoms with Gasteiger partial charge in [0.05, 0.1) is 5.69 Å². The molecule has 0 aromatic carbocycles. The number of aromatic nitrogens is 1. The highest BCUT2D eigenvalue weighted by molar-refractivity contribution is 7.08. The van der Waals surface area contributed by atoms with Crippen LogP contribution >= 0.6 is 11.3 Å². The maximum atomic E-state index is 12.8. The van der Waals surface area contributed by atoms with Crippen LogP contribution in [-0.2, 0) is 11.3 Å². The monoisotopic (exact) mass is 366 g/mol.